The lowest BCUT2D eigenvalue weighted by molar-refractivity contribution is -0.134. The van der Waals surface area contributed by atoms with Gasteiger partial charge >= 0.3 is 5.97 Å². The van der Waals surface area contributed by atoms with Crippen LogP contribution in [0.15, 0.2) is 73.1 Å². The molecular formula is C31H34N4O4. The Morgan fingerprint density at radius 2 is 1.62 bits per heavy atom. The average Bonchev–Trinajstić information content (AvgIpc) is 3.32. The van der Waals surface area contributed by atoms with Crippen LogP contribution in [0.5, 0.6) is 0 Å². The maximum atomic E-state index is 12.0. The van der Waals surface area contributed by atoms with Crippen LogP contribution in [0, 0.1) is 0 Å². The molecule has 0 radical (unpaired) electrons. The van der Waals surface area contributed by atoms with Crippen molar-refractivity contribution >= 4 is 11.9 Å². The summed E-state index contributed by atoms with van der Waals surface area (Å²) in [5, 5.41) is 25.4. The molecule has 1 aliphatic carbocycles. The number of carbonyl (C=O) groups is 2. The summed E-state index contributed by atoms with van der Waals surface area (Å²) in [6, 6.07) is 21.2. The van der Waals surface area contributed by atoms with E-state index in [1.807, 2.05) is 18.3 Å². The van der Waals surface area contributed by atoms with Crippen LogP contribution in [0.3, 0.4) is 0 Å². The van der Waals surface area contributed by atoms with Crippen molar-refractivity contribution in [2.75, 3.05) is 13.1 Å². The molecule has 0 bridgehead atoms. The zero-order valence-electron chi connectivity index (χ0n) is 22.1. The molecule has 0 saturated carbocycles. The number of aliphatic carboxylic acids is 1. The second-order valence-electron chi connectivity index (χ2n) is 9.53. The van der Waals surface area contributed by atoms with Gasteiger partial charge in [-0.05, 0) is 73.5 Å². The van der Waals surface area contributed by atoms with Crippen molar-refractivity contribution in [1.29, 1.82) is 0 Å². The van der Waals surface area contributed by atoms with E-state index in [-0.39, 0.29) is 0 Å². The molecule has 2 heterocycles. The Morgan fingerprint density at radius 3 is 2.33 bits per heavy atom. The first kappa shape index (κ1) is 27.7. The van der Waals surface area contributed by atoms with Gasteiger partial charge in [-0.25, -0.2) is 4.79 Å². The molecule has 2 aromatic carbocycles. The summed E-state index contributed by atoms with van der Waals surface area (Å²) >= 11 is 0. The number of aromatic carboxylic acids is 1. The maximum Gasteiger partial charge on any atom is 0.354 e. The zero-order valence-corrected chi connectivity index (χ0v) is 22.1. The van der Waals surface area contributed by atoms with Gasteiger partial charge in [-0.15, -0.1) is 0 Å². The molecule has 8 heteroatoms. The van der Waals surface area contributed by atoms with Crippen molar-refractivity contribution in [2.45, 2.75) is 45.6 Å². The Bertz CT molecular complexity index is 1390. The Morgan fingerprint density at radius 1 is 0.923 bits per heavy atom. The first-order valence-corrected chi connectivity index (χ1v) is 13.2. The summed E-state index contributed by atoms with van der Waals surface area (Å²) in [6.07, 6.45) is 8.03. The molecule has 0 atom stereocenters. The summed E-state index contributed by atoms with van der Waals surface area (Å²) < 4.78 is 1.68. The summed E-state index contributed by atoms with van der Waals surface area (Å²) in [6.45, 7) is 3.43. The standard InChI is InChI=1S/C29H30N4O2.C2H4O2/c34-29(35)28-26-14-13-24-20-31-18-15-25(24)27(26)32-33(28)19-5-17-30-16-4-6-21-9-11-23(12-10-21)22-7-2-1-3-8-22;1-2(3)4/h1-3,7-12,15,18,20,30H,4-6,13-14,16-17,19H2,(H,34,35);1H3,(H,3,4). The second kappa shape index (κ2) is 13.5. The monoisotopic (exact) mass is 526 g/mol. The minimum atomic E-state index is -0.900. The van der Waals surface area contributed by atoms with Gasteiger partial charge in [0.05, 0.1) is 5.69 Å². The fraction of sp³-hybridized carbons (Fsp3) is 0.290. The second-order valence-corrected chi connectivity index (χ2v) is 9.53. The van der Waals surface area contributed by atoms with Crippen molar-refractivity contribution in [3.05, 3.63) is 95.4 Å². The van der Waals surface area contributed by atoms with Crippen LogP contribution < -0.4 is 5.32 Å². The summed E-state index contributed by atoms with van der Waals surface area (Å²) in [4.78, 5) is 25.2. The third kappa shape index (κ3) is 7.39. The molecule has 202 valence electrons. The van der Waals surface area contributed by atoms with Gasteiger partial charge in [0.2, 0.25) is 0 Å². The van der Waals surface area contributed by atoms with Gasteiger partial charge in [0.1, 0.15) is 5.69 Å². The lowest BCUT2D eigenvalue weighted by atomic mass is 9.90. The van der Waals surface area contributed by atoms with Gasteiger partial charge < -0.3 is 15.5 Å². The van der Waals surface area contributed by atoms with Gasteiger partial charge in [-0.3, -0.25) is 14.5 Å². The van der Waals surface area contributed by atoms with E-state index in [0.29, 0.717) is 18.7 Å². The molecule has 0 amide bonds. The van der Waals surface area contributed by atoms with E-state index in [0.717, 1.165) is 68.1 Å². The van der Waals surface area contributed by atoms with Crippen molar-refractivity contribution < 1.29 is 19.8 Å². The van der Waals surface area contributed by atoms with E-state index in [4.69, 9.17) is 15.0 Å². The molecule has 1 aliphatic rings. The van der Waals surface area contributed by atoms with E-state index in [2.05, 4.69) is 58.8 Å². The molecule has 0 saturated heterocycles. The van der Waals surface area contributed by atoms with Crippen LogP contribution in [-0.4, -0.2) is 50.0 Å². The number of aromatic nitrogens is 3. The number of aryl methyl sites for hydroxylation is 3. The first-order valence-electron chi connectivity index (χ1n) is 13.2. The van der Waals surface area contributed by atoms with Gasteiger partial charge in [0, 0.05) is 37.0 Å². The van der Waals surface area contributed by atoms with Gasteiger partial charge in [0.25, 0.3) is 5.97 Å². The maximum absolute atomic E-state index is 12.0. The number of carboxylic acids is 2. The molecule has 3 N–H and O–H groups in total. The fourth-order valence-electron chi connectivity index (χ4n) is 4.86. The number of fused-ring (bicyclic) bond motifs is 3. The molecule has 0 unspecified atom stereocenters. The summed E-state index contributed by atoms with van der Waals surface area (Å²) in [5.41, 5.74) is 7.96. The van der Waals surface area contributed by atoms with Crippen molar-refractivity contribution in [3.8, 4) is 22.4 Å². The number of hydrogen-bond acceptors (Lipinski definition) is 5. The highest BCUT2D eigenvalue weighted by Gasteiger charge is 2.27. The minimum absolute atomic E-state index is 0.335. The Balaban J connectivity index is 0.000000826. The van der Waals surface area contributed by atoms with Crippen LogP contribution in [0.25, 0.3) is 22.4 Å². The Labute approximate surface area is 228 Å². The van der Waals surface area contributed by atoms with E-state index >= 15 is 0 Å². The smallest absolute Gasteiger partial charge is 0.354 e. The number of nitrogens with zero attached hydrogens (tertiary/aromatic N) is 3. The largest absolute Gasteiger partial charge is 0.481 e. The minimum Gasteiger partial charge on any atom is -0.481 e. The van der Waals surface area contributed by atoms with Crippen LogP contribution in [0.4, 0.5) is 0 Å². The fourth-order valence-corrected chi connectivity index (χ4v) is 4.86. The number of hydrogen-bond donors (Lipinski definition) is 3. The predicted molar refractivity (Wildman–Crippen MR) is 151 cm³/mol. The van der Waals surface area contributed by atoms with Gasteiger partial charge in [-0.1, -0.05) is 54.6 Å². The van der Waals surface area contributed by atoms with Gasteiger partial charge in [-0.2, -0.15) is 5.10 Å². The van der Waals surface area contributed by atoms with E-state index in [1.54, 1.807) is 10.9 Å². The van der Waals surface area contributed by atoms with Gasteiger partial charge in [0.15, 0.2) is 0 Å². The van der Waals surface area contributed by atoms with E-state index < -0.39 is 11.9 Å². The van der Waals surface area contributed by atoms with Crippen LogP contribution in [-0.2, 0) is 30.6 Å². The third-order valence-corrected chi connectivity index (χ3v) is 6.66. The SMILES string of the molecule is CC(=O)O.O=C(O)c1c2c(nn1CCCNCCCc1ccc(-c3ccccc3)cc1)-c1ccncc1CC2. The Hall–Kier alpha value is -4.30. The molecule has 2 aromatic heterocycles. The molecule has 5 rings (SSSR count). The Kier molecular flexibility index (Phi) is 9.58. The summed E-state index contributed by atoms with van der Waals surface area (Å²) in [5.74, 6) is -1.73. The van der Waals surface area contributed by atoms with Crippen molar-refractivity contribution in [3.63, 3.8) is 0 Å². The number of benzene rings is 2. The molecule has 0 aliphatic heterocycles. The highest BCUT2D eigenvalue weighted by Crippen LogP contribution is 2.34. The number of pyridine rings is 1. The van der Waals surface area contributed by atoms with Crippen LogP contribution in [0.2, 0.25) is 0 Å². The lowest BCUT2D eigenvalue weighted by Gasteiger charge is -2.14. The molecule has 8 nitrogen and oxygen atoms in total. The average molecular weight is 527 g/mol. The molecule has 39 heavy (non-hydrogen) atoms. The van der Waals surface area contributed by atoms with E-state index in [1.165, 1.54) is 16.7 Å². The molecule has 0 spiro atoms. The number of rotatable bonds is 10. The third-order valence-electron chi connectivity index (χ3n) is 6.66. The predicted octanol–water partition coefficient (Wildman–Crippen LogP) is 5.11. The van der Waals surface area contributed by atoms with Crippen LogP contribution in [0.1, 0.15) is 46.9 Å². The number of nitrogens with one attached hydrogen (secondary N) is 1. The van der Waals surface area contributed by atoms with Crippen molar-refractivity contribution in [2.24, 2.45) is 0 Å². The normalized spacial score (nSPS) is 11.6. The van der Waals surface area contributed by atoms with E-state index in [9.17, 15) is 9.90 Å². The molecular weight excluding hydrogens is 492 g/mol. The highest BCUT2D eigenvalue weighted by atomic mass is 16.4. The quantitative estimate of drug-likeness (QED) is 0.246. The summed E-state index contributed by atoms with van der Waals surface area (Å²) in [7, 11) is 0. The zero-order chi connectivity index (χ0) is 27.6. The lowest BCUT2D eigenvalue weighted by Crippen LogP contribution is -2.20. The first-order chi connectivity index (χ1) is 18.9. The van der Waals surface area contributed by atoms with Crippen molar-refractivity contribution in [1.82, 2.24) is 20.1 Å². The molecule has 0 fully saturated rings. The molecule has 4 aromatic rings. The van der Waals surface area contributed by atoms with Crippen LogP contribution >= 0.6 is 0 Å². The number of carboxylic acid groups (broad SMARTS) is 2. The topological polar surface area (TPSA) is 117 Å². The highest BCUT2D eigenvalue weighted by molar-refractivity contribution is 5.90.